The summed E-state index contributed by atoms with van der Waals surface area (Å²) in [6.45, 7) is 3.45. The molecule has 0 amide bonds. The van der Waals surface area contributed by atoms with Gasteiger partial charge in [0.1, 0.15) is 12.6 Å². The number of aliphatic hydroxyl groups excluding tert-OH is 1. The fraction of sp³-hybridized carbons (Fsp3) is 0.400. The third-order valence-corrected chi connectivity index (χ3v) is 5.18. The Hall–Kier alpha value is -1.30. The molecule has 0 saturated heterocycles. The highest BCUT2D eigenvalue weighted by Gasteiger charge is 2.15. The van der Waals surface area contributed by atoms with E-state index in [1.807, 2.05) is 36.4 Å². The summed E-state index contributed by atoms with van der Waals surface area (Å²) in [6.07, 6.45) is 0.744. The summed E-state index contributed by atoms with van der Waals surface area (Å²) in [5.74, 6) is 0. The molecule has 0 unspecified atom stereocenters. The number of aromatic nitrogens is 1. The van der Waals surface area contributed by atoms with E-state index in [9.17, 15) is 5.11 Å². The van der Waals surface area contributed by atoms with Crippen LogP contribution in [0.3, 0.4) is 0 Å². The Bertz CT molecular complexity index is 832. The second kappa shape index (κ2) is 8.59. The molecule has 0 fully saturated rings. The Kier molecular flexibility index (Phi) is 6.43. The number of nitrogens with zero attached hydrogens (tertiary/aromatic N) is 1. The molecule has 0 bridgehead atoms. The number of halogens is 2. The van der Waals surface area contributed by atoms with E-state index in [1.54, 1.807) is 0 Å². The summed E-state index contributed by atoms with van der Waals surface area (Å²) < 4.78 is 2.17. The molecular formula is C20H27Cl2N3O+2. The zero-order valence-electron chi connectivity index (χ0n) is 15.3. The largest absolute Gasteiger partial charge is 0.385 e. The van der Waals surface area contributed by atoms with Gasteiger partial charge in [-0.15, -0.1) is 0 Å². The number of aliphatic hydroxyl groups is 1. The minimum Gasteiger partial charge on any atom is -0.385 e. The molecule has 1 aromatic heterocycles. The summed E-state index contributed by atoms with van der Waals surface area (Å²) in [5.41, 5.74) is 2.14. The second-order valence-corrected chi connectivity index (χ2v) is 8.08. The zero-order chi connectivity index (χ0) is 18.7. The molecule has 3 aromatic rings. The minimum atomic E-state index is -0.410. The highest BCUT2D eigenvalue weighted by atomic mass is 35.5. The first-order valence-electron chi connectivity index (χ1n) is 9.11. The Morgan fingerprint density at radius 3 is 2.15 bits per heavy atom. The van der Waals surface area contributed by atoms with Gasteiger partial charge in [-0.3, -0.25) is 0 Å². The van der Waals surface area contributed by atoms with Gasteiger partial charge in [0.15, 0.2) is 0 Å². The highest BCUT2D eigenvalue weighted by molar-refractivity contribution is 6.33. The lowest BCUT2D eigenvalue weighted by atomic mass is 10.1. The third-order valence-electron chi connectivity index (χ3n) is 4.71. The van der Waals surface area contributed by atoms with Crippen molar-refractivity contribution >= 4 is 45.0 Å². The van der Waals surface area contributed by atoms with Gasteiger partial charge in [0, 0.05) is 38.3 Å². The van der Waals surface area contributed by atoms with Crippen LogP contribution < -0.4 is 10.2 Å². The maximum absolute atomic E-state index is 10.5. The van der Waals surface area contributed by atoms with Gasteiger partial charge in [0.05, 0.1) is 33.7 Å². The number of nitrogens with one attached hydrogen (secondary N) is 1. The fourth-order valence-corrected chi connectivity index (χ4v) is 3.78. The van der Waals surface area contributed by atoms with E-state index in [0.29, 0.717) is 23.1 Å². The van der Waals surface area contributed by atoms with Crippen molar-refractivity contribution in [1.29, 1.82) is 0 Å². The van der Waals surface area contributed by atoms with Gasteiger partial charge in [0.2, 0.25) is 0 Å². The van der Waals surface area contributed by atoms with E-state index in [0.717, 1.165) is 41.3 Å². The molecule has 0 aliphatic carbocycles. The van der Waals surface area contributed by atoms with Crippen molar-refractivity contribution in [3.8, 4) is 0 Å². The van der Waals surface area contributed by atoms with Crippen molar-refractivity contribution in [2.45, 2.75) is 19.1 Å². The SMILES string of the molecule is C[NH+](C)CCC[NH2+]C[C@H](O)Cn1c2ccc(Cl)cc2c2cc(Cl)ccc21. The summed E-state index contributed by atoms with van der Waals surface area (Å²) in [7, 11) is 4.32. The van der Waals surface area contributed by atoms with Crippen LogP contribution in [0.2, 0.25) is 10.0 Å². The van der Waals surface area contributed by atoms with Crippen LogP contribution in [0, 0.1) is 0 Å². The van der Waals surface area contributed by atoms with Crippen LogP contribution in [0.5, 0.6) is 0 Å². The van der Waals surface area contributed by atoms with Gasteiger partial charge in [0.25, 0.3) is 0 Å². The lowest BCUT2D eigenvalue weighted by Gasteiger charge is -2.13. The van der Waals surface area contributed by atoms with Crippen LogP contribution in [0.15, 0.2) is 36.4 Å². The summed E-state index contributed by atoms with van der Waals surface area (Å²) in [5, 5.41) is 16.3. The van der Waals surface area contributed by atoms with Crippen LogP contribution >= 0.6 is 23.2 Å². The molecule has 140 valence electrons. The van der Waals surface area contributed by atoms with Gasteiger partial charge in [-0.25, -0.2) is 0 Å². The molecule has 6 heteroatoms. The van der Waals surface area contributed by atoms with Gasteiger partial charge in [-0.2, -0.15) is 0 Å². The van der Waals surface area contributed by atoms with E-state index >= 15 is 0 Å². The van der Waals surface area contributed by atoms with Gasteiger partial charge >= 0.3 is 0 Å². The molecular weight excluding hydrogens is 369 g/mol. The first-order chi connectivity index (χ1) is 12.5. The smallest absolute Gasteiger partial charge is 0.121 e. The predicted octanol–water partition coefficient (Wildman–Crippen LogP) is 1.56. The van der Waals surface area contributed by atoms with Crippen molar-refractivity contribution in [3.63, 3.8) is 0 Å². The van der Waals surface area contributed by atoms with E-state index in [4.69, 9.17) is 23.2 Å². The van der Waals surface area contributed by atoms with Gasteiger partial charge in [-0.1, -0.05) is 23.2 Å². The van der Waals surface area contributed by atoms with Gasteiger partial charge < -0.3 is 19.9 Å². The third kappa shape index (κ3) is 4.51. The van der Waals surface area contributed by atoms with Crippen molar-refractivity contribution in [2.24, 2.45) is 0 Å². The van der Waals surface area contributed by atoms with Crippen molar-refractivity contribution in [1.82, 2.24) is 4.57 Å². The van der Waals surface area contributed by atoms with Gasteiger partial charge in [-0.05, 0) is 36.4 Å². The highest BCUT2D eigenvalue weighted by Crippen LogP contribution is 2.32. The maximum atomic E-state index is 10.5. The average molecular weight is 396 g/mol. The first-order valence-corrected chi connectivity index (χ1v) is 9.87. The molecule has 4 nitrogen and oxygen atoms in total. The summed E-state index contributed by atoms with van der Waals surface area (Å²) in [6, 6.07) is 11.7. The van der Waals surface area contributed by atoms with Crippen molar-refractivity contribution in [2.75, 3.05) is 33.7 Å². The fourth-order valence-electron chi connectivity index (χ4n) is 3.44. The molecule has 0 aliphatic heterocycles. The molecule has 0 radical (unpaired) electrons. The predicted molar refractivity (Wildman–Crippen MR) is 109 cm³/mol. The van der Waals surface area contributed by atoms with Crippen LogP contribution in [0.1, 0.15) is 6.42 Å². The Labute approximate surface area is 164 Å². The zero-order valence-corrected chi connectivity index (χ0v) is 16.8. The molecule has 0 spiro atoms. The minimum absolute atomic E-state index is 0.410. The molecule has 4 N–H and O–H groups in total. The number of quaternary nitrogens is 2. The van der Waals surface area contributed by atoms with Crippen LogP contribution in [-0.2, 0) is 6.54 Å². The Balaban J connectivity index is 1.78. The monoisotopic (exact) mass is 395 g/mol. The second-order valence-electron chi connectivity index (χ2n) is 7.21. The summed E-state index contributed by atoms with van der Waals surface area (Å²) >= 11 is 12.4. The molecule has 1 heterocycles. The average Bonchev–Trinajstić information content (AvgIpc) is 2.87. The normalized spacial score (nSPS) is 13.2. The Morgan fingerprint density at radius 1 is 1.04 bits per heavy atom. The summed E-state index contributed by atoms with van der Waals surface area (Å²) in [4.78, 5) is 1.46. The van der Waals surface area contributed by atoms with E-state index < -0.39 is 6.10 Å². The number of hydrogen-bond acceptors (Lipinski definition) is 1. The van der Waals surface area contributed by atoms with Crippen LogP contribution in [0.25, 0.3) is 21.8 Å². The van der Waals surface area contributed by atoms with Crippen LogP contribution in [0.4, 0.5) is 0 Å². The lowest BCUT2D eigenvalue weighted by Crippen LogP contribution is -3.06. The molecule has 0 saturated carbocycles. The van der Waals surface area contributed by atoms with E-state index in [-0.39, 0.29) is 0 Å². The van der Waals surface area contributed by atoms with Crippen molar-refractivity contribution in [3.05, 3.63) is 46.4 Å². The van der Waals surface area contributed by atoms with E-state index in [1.165, 1.54) is 4.90 Å². The molecule has 0 aliphatic rings. The maximum Gasteiger partial charge on any atom is 0.121 e. The lowest BCUT2D eigenvalue weighted by molar-refractivity contribution is -0.860. The number of hydrogen-bond donors (Lipinski definition) is 3. The number of rotatable bonds is 8. The number of nitrogens with two attached hydrogens (primary N) is 1. The van der Waals surface area contributed by atoms with Crippen molar-refractivity contribution < 1.29 is 15.3 Å². The quantitative estimate of drug-likeness (QED) is 0.498. The van der Waals surface area contributed by atoms with Crippen LogP contribution in [-0.4, -0.2) is 49.5 Å². The molecule has 26 heavy (non-hydrogen) atoms. The standard InChI is InChI=1S/C20H25Cl2N3O/c1-24(2)9-3-8-23-12-16(26)13-25-19-6-4-14(21)10-17(19)18-11-15(22)5-7-20(18)25/h4-7,10-11,16,23,26H,3,8-9,12-13H2,1-2H3/p+2/t16-/m0/s1. The number of fused-ring (bicyclic) bond motifs is 3. The topological polar surface area (TPSA) is 46.2 Å². The van der Waals surface area contributed by atoms with E-state index in [2.05, 4.69) is 24.0 Å². The molecule has 1 atom stereocenters. The number of benzene rings is 2. The first kappa shape index (κ1) is 19.5. The molecule has 2 aromatic carbocycles. The Morgan fingerprint density at radius 2 is 1.62 bits per heavy atom. The molecule has 3 rings (SSSR count).